The van der Waals surface area contributed by atoms with Gasteiger partial charge in [0.2, 0.25) is 0 Å². The SMILES string of the molecule is CCc1ccccc1Oc1cc(O)c(Cc2ccc(C)cc2C)cc1C(C)C. The summed E-state index contributed by atoms with van der Waals surface area (Å²) in [6, 6.07) is 18.4. The Morgan fingerprint density at radius 1 is 0.857 bits per heavy atom. The molecule has 0 unspecified atom stereocenters. The van der Waals surface area contributed by atoms with Crippen molar-refractivity contribution in [1.82, 2.24) is 0 Å². The first-order chi connectivity index (χ1) is 13.4. The third kappa shape index (κ3) is 4.39. The summed E-state index contributed by atoms with van der Waals surface area (Å²) in [7, 11) is 0. The Bertz CT molecular complexity index is 970. The van der Waals surface area contributed by atoms with Crippen molar-refractivity contribution in [2.24, 2.45) is 0 Å². The molecule has 1 N–H and O–H groups in total. The van der Waals surface area contributed by atoms with Crippen LogP contribution in [0.5, 0.6) is 17.2 Å². The highest BCUT2D eigenvalue weighted by Gasteiger charge is 2.16. The van der Waals surface area contributed by atoms with Crippen molar-refractivity contribution < 1.29 is 9.84 Å². The van der Waals surface area contributed by atoms with Gasteiger partial charge in [-0.15, -0.1) is 0 Å². The van der Waals surface area contributed by atoms with Crippen LogP contribution in [0, 0.1) is 13.8 Å². The maximum Gasteiger partial charge on any atom is 0.134 e. The lowest BCUT2D eigenvalue weighted by Gasteiger charge is -2.18. The molecule has 3 aromatic rings. The lowest BCUT2D eigenvalue weighted by Crippen LogP contribution is -2.00. The largest absolute Gasteiger partial charge is 0.508 e. The molecule has 0 saturated heterocycles. The van der Waals surface area contributed by atoms with Gasteiger partial charge >= 0.3 is 0 Å². The molecular formula is C26H30O2. The smallest absolute Gasteiger partial charge is 0.134 e. The standard InChI is InChI=1S/C26H30O2/c1-6-20-9-7-8-10-25(20)28-26-16-24(27)22(15-23(26)17(2)3)14-21-12-11-18(4)13-19(21)5/h7-13,15-17,27H,6,14H2,1-5H3. The normalized spacial score (nSPS) is 11.1. The summed E-state index contributed by atoms with van der Waals surface area (Å²) in [5.41, 5.74) is 6.96. The van der Waals surface area contributed by atoms with Crippen molar-refractivity contribution in [2.45, 2.75) is 53.4 Å². The zero-order chi connectivity index (χ0) is 20.3. The average molecular weight is 375 g/mol. The van der Waals surface area contributed by atoms with Gasteiger partial charge in [0, 0.05) is 12.5 Å². The monoisotopic (exact) mass is 374 g/mol. The number of ether oxygens (including phenoxy) is 1. The van der Waals surface area contributed by atoms with Crippen molar-refractivity contribution in [3.8, 4) is 17.2 Å². The molecule has 0 fully saturated rings. The fourth-order valence-electron chi connectivity index (χ4n) is 3.58. The quantitative estimate of drug-likeness (QED) is 0.499. The Balaban J connectivity index is 1.98. The fraction of sp³-hybridized carbons (Fsp3) is 0.308. The highest BCUT2D eigenvalue weighted by Crippen LogP contribution is 2.38. The van der Waals surface area contributed by atoms with E-state index in [1.54, 1.807) is 6.07 Å². The summed E-state index contributed by atoms with van der Waals surface area (Å²) in [6.45, 7) is 10.7. The first-order valence-corrected chi connectivity index (χ1v) is 10.1. The van der Waals surface area contributed by atoms with Crippen molar-refractivity contribution >= 4 is 0 Å². The molecule has 0 atom stereocenters. The third-order valence-corrected chi connectivity index (χ3v) is 5.29. The zero-order valence-electron chi connectivity index (χ0n) is 17.5. The van der Waals surface area contributed by atoms with Crippen LogP contribution in [0.3, 0.4) is 0 Å². The van der Waals surface area contributed by atoms with E-state index in [1.807, 2.05) is 18.2 Å². The van der Waals surface area contributed by atoms with E-state index in [0.717, 1.165) is 34.6 Å². The molecule has 3 aromatic carbocycles. The van der Waals surface area contributed by atoms with E-state index in [1.165, 1.54) is 16.7 Å². The number of benzene rings is 3. The molecule has 0 amide bonds. The van der Waals surface area contributed by atoms with E-state index in [-0.39, 0.29) is 5.75 Å². The predicted molar refractivity (Wildman–Crippen MR) is 117 cm³/mol. The Kier molecular flexibility index (Phi) is 6.08. The maximum atomic E-state index is 10.7. The van der Waals surface area contributed by atoms with Gasteiger partial charge in [-0.05, 0) is 66.1 Å². The molecule has 0 spiro atoms. The Hall–Kier alpha value is -2.74. The molecule has 0 heterocycles. The molecule has 2 nitrogen and oxygen atoms in total. The van der Waals surface area contributed by atoms with Crippen molar-refractivity contribution in [3.63, 3.8) is 0 Å². The molecule has 28 heavy (non-hydrogen) atoms. The minimum atomic E-state index is 0.286. The molecule has 146 valence electrons. The van der Waals surface area contributed by atoms with Crippen LogP contribution in [0.25, 0.3) is 0 Å². The Morgan fingerprint density at radius 3 is 2.29 bits per heavy atom. The van der Waals surface area contributed by atoms with Crippen LogP contribution in [0.1, 0.15) is 60.1 Å². The highest BCUT2D eigenvalue weighted by molar-refractivity contribution is 5.51. The van der Waals surface area contributed by atoms with Crippen LogP contribution < -0.4 is 4.74 Å². The summed E-state index contributed by atoms with van der Waals surface area (Å²) in [6.07, 6.45) is 1.62. The van der Waals surface area contributed by atoms with Gasteiger partial charge in [-0.1, -0.05) is 62.7 Å². The van der Waals surface area contributed by atoms with E-state index < -0.39 is 0 Å². The molecule has 2 heteroatoms. The molecule has 0 aromatic heterocycles. The lowest BCUT2D eigenvalue weighted by atomic mass is 9.93. The minimum absolute atomic E-state index is 0.286. The molecule has 0 saturated carbocycles. The second-order valence-electron chi connectivity index (χ2n) is 7.84. The molecule has 0 aliphatic heterocycles. The van der Waals surface area contributed by atoms with Crippen LogP contribution >= 0.6 is 0 Å². The number of aromatic hydroxyl groups is 1. The van der Waals surface area contributed by atoms with Crippen LogP contribution in [-0.4, -0.2) is 5.11 Å². The number of aryl methyl sites for hydroxylation is 3. The lowest BCUT2D eigenvalue weighted by molar-refractivity contribution is 0.443. The number of hydrogen-bond donors (Lipinski definition) is 1. The van der Waals surface area contributed by atoms with E-state index in [2.05, 4.69) is 65.0 Å². The zero-order valence-corrected chi connectivity index (χ0v) is 17.5. The molecule has 0 bridgehead atoms. The number of hydrogen-bond acceptors (Lipinski definition) is 2. The fourth-order valence-corrected chi connectivity index (χ4v) is 3.58. The van der Waals surface area contributed by atoms with Gasteiger partial charge in [0.05, 0.1) is 0 Å². The average Bonchev–Trinajstić information content (AvgIpc) is 2.66. The number of para-hydroxylation sites is 1. The first kappa shape index (κ1) is 20.0. The van der Waals surface area contributed by atoms with E-state index in [4.69, 9.17) is 4.74 Å². The van der Waals surface area contributed by atoms with Crippen molar-refractivity contribution in [3.05, 3.63) is 88.0 Å². The molecule has 0 aliphatic carbocycles. The molecule has 0 aliphatic rings. The first-order valence-electron chi connectivity index (χ1n) is 10.1. The minimum Gasteiger partial charge on any atom is -0.508 e. The van der Waals surface area contributed by atoms with Gasteiger partial charge in [0.1, 0.15) is 17.2 Å². The third-order valence-electron chi connectivity index (χ3n) is 5.29. The van der Waals surface area contributed by atoms with Crippen molar-refractivity contribution in [2.75, 3.05) is 0 Å². The summed E-state index contributed by atoms with van der Waals surface area (Å²) in [5.74, 6) is 2.17. The van der Waals surface area contributed by atoms with Gasteiger partial charge in [0.25, 0.3) is 0 Å². The van der Waals surface area contributed by atoms with E-state index in [9.17, 15) is 5.11 Å². The van der Waals surface area contributed by atoms with E-state index in [0.29, 0.717) is 12.3 Å². The summed E-state index contributed by atoms with van der Waals surface area (Å²) in [4.78, 5) is 0. The van der Waals surface area contributed by atoms with Gasteiger partial charge in [-0.2, -0.15) is 0 Å². The van der Waals surface area contributed by atoms with E-state index >= 15 is 0 Å². The molecule has 3 rings (SSSR count). The maximum absolute atomic E-state index is 10.7. The summed E-state index contributed by atoms with van der Waals surface area (Å²) < 4.78 is 6.26. The van der Waals surface area contributed by atoms with Crippen LogP contribution in [-0.2, 0) is 12.8 Å². The number of phenols is 1. The van der Waals surface area contributed by atoms with Crippen LogP contribution in [0.15, 0.2) is 54.6 Å². The summed E-state index contributed by atoms with van der Waals surface area (Å²) in [5, 5.41) is 10.7. The van der Waals surface area contributed by atoms with Crippen LogP contribution in [0.4, 0.5) is 0 Å². The summed E-state index contributed by atoms with van der Waals surface area (Å²) >= 11 is 0. The van der Waals surface area contributed by atoms with Gasteiger partial charge in [-0.3, -0.25) is 0 Å². The molecule has 0 radical (unpaired) electrons. The predicted octanol–water partition coefficient (Wildman–Crippen LogP) is 7.08. The Morgan fingerprint density at radius 2 is 1.61 bits per heavy atom. The van der Waals surface area contributed by atoms with Gasteiger partial charge in [0.15, 0.2) is 0 Å². The number of phenolic OH excluding ortho intramolecular Hbond substituents is 1. The highest BCUT2D eigenvalue weighted by atomic mass is 16.5. The topological polar surface area (TPSA) is 29.5 Å². The van der Waals surface area contributed by atoms with Crippen molar-refractivity contribution in [1.29, 1.82) is 0 Å². The van der Waals surface area contributed by atoms with Crippen LogP contribution in [0.2, 0.25) is 0 Å². The van der Waals surface area contributed by atoms with Gasteiger partial charge in [-0.25, -0.2) is 0 Å². The number of rotatable bonds is 6. The Labute approximate surface area is 168 Å². The second kappa shape index (κ2) is 8.52. The van der Waals surface area contributed by atoms with Gasteiger partial charge < -0.3 is 9.84 Å². The molecular weight excluding hydrogens is 344 g/mol. The second-order valence-corrected chi connectivity index (χ2v) is 7.84.